The lowest BCUT2D eigenvalue weighted by molar-refractivity contribution is -0.114. The molecule has 0 aliphatic carbocycles. The van der Waals surface area contributed by atoms with E-state index in [0.29, 0.717) is 36.3 Å². The van der Waals surface area contributed by atoms with E-state index < -0.39 is 17.2 Å². The van der Waals surface area contributed by atoms with Gasteiger partial charge >= 0.3 is 5.56 Å². The van der Waals surface area contributed by atoms with Gasteiger partial charge in [-0.2, -0.15) is 5.10 Å². The van der Waals surface area contributed by atoms with Gasteiger partial charge in [0.15, 0.2) is 5.75 Å². The summed E-state index contributed by atoms with van der Waals surface area (Å²) >= 11 is 0. The van der Waals surface area contributed by atoms with Crippen molar-refractivity contribution < 1.29 is 14.7 Å². The monoisotopic (exact) mass is 299 g/mol. The molecule has 22 heavy (non-hydrogen) atoms. The predicted molar refractivity (Wildman–Crippen MR) is 78.0 cm³/mol. The van der Waals surface area contributed by atoms with Gasteiger partial charge in [0.05, 0.1) is 16.9 Å². The molecule has 7 heteroatoms. The molecular formula is C15H13N3O4. The van der Waals surface area contributed by atoms with Crippen molar-refractivity contribution in [1.29, 1.82) is 0 Å². The van der Waals surface area contributed by atoms with Crippen LogP contribution in [-0.2, 0) is 11.2 Å². The van der Waals surface area contributed by atoms with E-state index in [1.807, 2.05) is 0 Å². The second-order valence-corrected chi connectivity index (χ2v) is 4.98. The molecule has 112 valence electrons. The van der Waals surface area contributed by atoms with Gasteiger partial charge in [-0.3, -0.25) is 14.4 Å². The minimum atomic E-state index is -0.641. The fourth-order valence-corrected chi connectivity index (χ4v) is 2.45. The number of amides is 1. The van der Waals surface area contributed by atoms with Gasteiger partial charge in [-0.15, -0.1) is 0 Å². The highest BCUT2D eigenvalue weighted by molar-refractivity contribution is 6.52. The summed E-state index contributed by atoms with van der Waals surface area (Å²) in [5.41, 5.74) is 0.920. The third-order valence-corrected chi connectivity index (χ3v) is 3.53. The number of fused-ring (bicyclic) bond motifs is 1. The maximum absolute atomic E-state index is 12.0. The molecule has 7 nitrogen and oxygen atoms in total. The Kier molecular flexibility index (Phi) is 3.46. The van der Waals surface area contributed by atoms with Crippen molar-refractivity contribution in [3.05, 3.63) is 51.9 Å². The molecule has 2 aromatic rings. The van der Waals surface area contributed by atoms with E-state index in [1.165, 1.54) is 11.0 Å². The van der Waals surface area contributed by atoms with Crippen molar-refractivity contribution in [2.24, 2.45) is 0 Å². The number of nitrogens with zero attached hydrogens (tertiary/aromatic N) is 2. The maximum Gasteiger partial charge on any atom is 0.306 e. The summed E-state index contributed by atoms with van der Waals surface area (Å²) in [4.78, 5) is 36.3. The molecule has 1 aromatic carbocycles. The normalized spacial score (nSPS) is 13.5. The Labute approximate surface area is 125 Å². The molecule has 1 aromatic heterocycles. The number of H-pyrrole nitrogens is 1. The number of Topliss-reactive ketones (excluding diaryl/α,β-unsaturated/α-hetero) is 1. The molecule has 0 bridgehead atoms. The first kappa shape index (κ1) is 14.0. The van der Waals surface area contributed by atoms with E-state index in [4.69, 9.17) is 0 Å². The molecule has 3 rings (SSSR count). The zero-order valence-corrected chi connectivity index (χ0v) is 11.6. The third kappa shape index (κ3) is 2.37. The molecule has 0 spiro atoms. The van der Waals surface area contributed by atoms with Gasteiger partial charge < -0.3 is 10.0 Å². The van der Waals surface area contributed by atoms with Crippen LogP contribution in [0, 0.1) is 0 Å². The second kappa shape index (κ2) is 5.44. The Balaban J connectivity index is 1.69. The first-order valence-corrected chi connectivity index (χ1v) is 6.80. The number of anilines is 1. The number of aromatic nitrogens is 2. The van der Waals surface area contributed by atoms with Gasteiger partial charge in [0, 0.05) is 12.6 Å². The van der Waals surface area contributed by atoms with Crippen molar-refractivity contribution in [3.63, 3.8) is 0 Å². The summed E-state index contributed by atoms with van der Waals surface area (Å²) in [7, 11) is 0. The number of nitrogens with one attached hydrogen (secondary N) is 1. The quantitative estimate of drug-likeness (QED) is 0.806. The van der Waals surface area contributed by atoms with E-state index in [1.54, 1.807) is 24.3 Å². The number of hydrogen-bond acceptors (Lipinski definition) is 5. The zero-order chi connectivity index (χ0) is 15.7. The molecule has 2 heterocycles. The summed E-state index contributed by atoms with van der Waals surface area (Å²) < 4.78 is 0. The van der Waals surface area contributed by atoms with Crippen LogP contribution in [0.5, 0.6) is 5.75 Å². The number of aryl methyl sites for hydroxylation is 1. The molecule has 1 aliphatic rings. The van der Waals surface area contributed by atoms with E-state index >= 15 is 0 Å². The lowest BCUT2D eigenvalue weighted by Crippen LogP contribution is -2.31. The Bertz CT molecular complexity index is 812. The standard InChI is InChI=1S/C15H13N3O4/c19-12-8-9(16-17-14(12)21)4-3-7-18-11-6-2-1-5-10(11)13(20)15(18)22/h1-2,5-6,8H,3-4,7H2,(H,16,19)(H,17,21). The van der Waals surface area contributed by atoms with Crippen LogP contribution in [0.2, 0.25) is 0 Å². The van der Waals surface area contributed by atoms with Gasteiger partial charge in [-0.1, -0.05) is 12.1 Å². The van der Waals surface area contributed by atoms with Gasteiger partial charge in [0.1, 0.15) is 0 Å². The minimum absolute atomic E-state index is 0.364. The number of hydrogen-bond donors (Lipinski definition) is 2. The molecule has 0 atom stereocenters. The van der Waals surface area contributed by atoms with Crippen molar-refractivity contribution in [1.82, 2.24) is 10.2 Å². The Morgan fingerprint density at radius 1 is 1.18 bits per heavy atom. The molecule has 0 radical (unpaired) electrons. The van der Waals surface area contributed by atoms with Crippen molar-refractivity contribution in [2.75, 3.05) is 11.4 Å². The lowest BCUT2D eigenvalue weighted by atomic mass is 10.1. The van der Waals surface area contributed by atoms with Crippen LogP contribution in [0.1, 0.15) is 22.5 Å². The molecule has 0 fully saturated rings. The molecular weight excluding hydrogens is 286 g/mol. The summed E-state index contributed by atoms with van der Waals surface area (Å²) in [6, 6.07) is 8.17. The van der Waals surface area contributed by atoms with E-state index in [9.17, 15) is 19.5 Å². The SMILES string of the molecule is O=C1C(=O)N(CCCc2cc(O)c(=O)[nH]n2)c2ccccc21. The molecule has 2 N–H and O–H groups in total. The largest absolute Gasteiger partial charge is 0.503 e. The number of rotatable bonds is 4. The number of benzene rings is 1. The fourth-order valence-electron chi connectivity index (χ4n) is 2.45. The second-order valence-electron chi connectivity index (χ2n) is 4.98. The number of carbonyl (C=O) groups is 2. The zero-order valence-electron chi connectivity index (χ0n) is 11.6. The smallest absolute Gasteiger partial charge is 0.306 e. The first-order chi connectivity index (χ1) is 10.6. The van der Waals surface area contributed by atoms with Crippen LogP contribution >= 0.6 is 0 Å². The average Bonchev–Trinajstić information content (AvgIpc) is 2.76. The van der Waals surface area contributed by atoms with Crippen LogP contribution in [0.3, 0.4) is 0 Å². The van der Waals surface area contributed by atoms with Gasteiger partial charge in [0.25, 0.3) is 11.7 Å². The molecule has 1 aliphatic heterocycles. The highest BCUT2D eigenvalue weighted by Crippen LogP contribution is 2.28. The predicted octanol–water partition coefficient (Wildman–Crippen LogP) is 0.638. The number of ketones is 1. The van der Waals surface area contributed by atoms with Crippen LogP contribution in [0.15, 0.2) is 35.1 Å². The lowest BCUT2D eigenvalue weighted by Gasteiger charge is -2.15. The molecule has 0 saturated heterocycles. The summed E-state index contributed by atoms with van der Waals surface area (Å²) in [6.45, 7) is 0.364. The number of aromatic hydroxyl groups is 1. The van der Waals surface area contributed by atoms with Crippen LogP contribution in [0.25, 0.3) is 0 Å². The highest BCUT2D eigenvalue weighted by Gasteiger charge is 2.34. The Morgan fingerprint density at radius 2 is 1.95 bits per heavy atom. The van der Waals surface area contributed by atoms with Gasteiger partial charge in [0.2, 0.25) is 0 Å². The fraction of sp³-hybridized carbons (Fsp3) is 0.200. The topological polar surface area (TPSA) is 103 Å². The maximum atomic E-state index is 12.0. The molecule has 0 saturated carbocycles. The molecule has 1 amide bonds. The Hall–Kier alpha value is -2.96. The van der Waals surface area contributed by atoms with E-state index in [2.05, 4.69) is 10.2 Å². The van der Waals surface area contributed by atoms with Gasteiger partial charge in [-0.25, -0.2) is 5.10 Å². The minimum Gasteiger partial charge on any atom is -0.503 e. The number of para-hydroxylation sites is 1. The highest BCUT2D eigenvalue weighted by atomic mass is 16.3. The van der Waals surface area contributed by atoms with Gasteiger partial charge in [-0.05, 0) is 25.0 Å². The number of aromatic amines is 1. The third-order valence-electron chi connectivity index (χ3n) is 3.53. The van der Waals surface area contributed by atoms with Crippen LogP contribution < -0.4 is 10.5 Å². The number of carbonyl (C=O) groups excluding carboxylic acids is 2. The molecule has 0 unspecified atom stereocenters. The Morgan fingerprint density at radius 3 is 2.73 bits per heavy atom. The average molecular weight is 299 g/mol. The van der Waals surface area contributed by atoms with E-state index in [0.717, 1.165) is 0 Å². The van der Waals surface area contributed by atoms with Crippen molar-refractivity contribution in [2.45, 2.75) is 12.8 Å². The van der Waals surface area contributed by atoms with E-state index in [-0.39, 0.29) is 5.75 Å². The summed E-state index contributed by atoms with van der Waals surface area (Å²) in [6.07, 6.45) is 1.01. The summed E-state index contributed by atoms with van der Waals surface area (Å²) in [5.74, 6) is -1.41. The van der Waals surface area contributed by atoms with Crippen molar-refractivity contribution >= 4 is 17.4 Å². The summed E-state index contributed by atoms with van der Waals surface area (Å²) in [5, 5.41) is 15.3. The van der Waals surface area contributed by atoms with Crippen LogP contribution in [0.4, 0.5) is 5.69 Å². The van der Waals surface area contributed by atoms with Crippen molar-refractivity contribution in [3.8, 4) is 5.75 Å². The first-order valence-electron chi connectivity index (χ1n) is 6.80. The van der Waals surface area contributed by atoms with Crippen LogP contribution in [-0.4, -0.2) is 33.5 Å².